The summed E-state index contributed by atoms with van der Waals surface area (Å²) < 4.78 is 5.21. The number of carboxylic acid groups (broad SMARTS) is 1. The number of carbonyl (C=O) groups is 2. The molecular weight excluding hydrogens is 272 g/mol. The molecule has 6 heteroatoms. The van der Waals surface area contributed by atoms with E-state index in [2.05, 4.69) is 10.6 Å². The molecule has 0 saturated carbocycles. The van der Waals surface area contributed by atoms with Gasteiger partial charge in [-0.1, -0.05) is 12.2 Å². The van der Waals surface area contributed by atoms with Crippen LogP contribution in [0.1, 0.15) is 33.1 Å². The topological polar surface area (TPSA) is 87.7 Å². The first-order chi connectivity index (χ1) is 9.97. The Morgan fingerprint density at radius 3 is 2.71 bits per heavy atom. The zero-order valence-electron chi connectivity index (χ0n) is 12.8. The first-order valence-electron chi connectivity index (χ1n) is 7.09. The van der Waals surface area contributed by atoms with Gasteiger partial charge >= 0.3 is 5.97 Å². The van der Waals surface area contributed by atoms with E-state index in [9.17, 15) is 9.59 Å². The van der Waals surface area contributed by atoms with Crippen molar-refractivity contribution in [1.29, 1.82) is 0 Å². The molecule has 6 nitrogen and oxygen atoms in total. The summed E-state index contributed by atoms with van der Waals surface area (Å²) >= 11 is 0. The summed E-state index contributed by atoms with van der Waals surface area (Å²) in [5.74, 6) is -0.0889. The number of hydrogen-bond acceptors (Lipinski definition) is 4. The number of hydrogen-bond donors (Lipinski definition) is 3. The van der Waals surface area contributed by atoms with E-state index in [0.29, 0.717) is 18.6 Å². The van der Waals surface area contributed by atoms with Crippen molar-refractivity contribution in [1.82, 2.24) is 10.6 Å². The van der Waals surface area contributed by atoms with Crippen molar-refractivity contribution in [3.63, 3.8) is 0 Å². The largest absolute Gasteiger partial charge is 0.500 e. The number of carboxylic acids is 1. The molecule has 1 saturated heterocycles. The van der Waals surface area contributed by atoms with E-state index < -0.39 is 12.0 Å². The van der Waals surface area contributed by atoms with E-state index >= 15 is 0 Å². The molecule has 0 bridgehead atoms. The van der Waals surface area contributed by atoms with Crippen molar-refractivity contribution in [2.24, 2.45) is 5.92 Å². The molecule has 0 aliphatic carbocycles. The summed E-state index contributed by atoms with van der Waals surface area (Å²) in [4.78, 5) is 22.0. The second-order valence-electron chi connectivity index (χ2n) is 5.14. The van der Waals surface area contributed by atoms with E-state index in [4.69, 9.17) is 9.84 Å². The van der Waals surface area contributed by atoms with E-state index in [-0.39, 0.29) is 17.9 Å². The summed E-state index contributed by atoms with van der Waals surface area (Å²) in [7, 11) is 1.55. The molecule has 0 unspecified atom stereocenters. The summed E-state index contributed by atoms with van der Waals surface area (Å²) in [6.07, 6.45) is 7.53. The van der Waals surface area contributed by atoms with Gasteiger partial charge in [0.1, 0.15) is 11.8 Å². The van der Waals surface area contributed by atoms with Crippen LogP contribution in [0.5, 0.6) is 0 Å². The lowest BCUT2D eigenvalue weighted by Gasteiger charge is -2.17. The minimum absolute atomic E-state index is 0.0955. The Morgan fingerprint density at radius 1 is 1.48 bits per heavy atom. The monoisotopic (exact) mass is 296 g/mol. The number of methoxy groups -OCH3 is 1. The van der Waals surface area contributed by atoms with Crippen LogP contribution in [-0.4, -0.2) is 36.2 Å². The van der Waals surface area contributed by atoms with Crippen molar-refractivity contribution in [3.8, 4) is 0 Å². The van der Waals surface area contributed by atoms with Crippen molar-refractivity contribution >= 4 is 11.9 Å². The fourth-order valence-corrected chi connectivity index (χ4v) is 2.53. The number of amides is 1. The molecule has 21 heavy (non-hydrogen) atoms. The number of allylic oxidation sites excluding steroid dienone is 2. The SMILES string of the molecule is C/C=C\[C@@H]1C[C@H](C(=O)O)N[C@@H]1CCC(=CNC(C)=O)OC. The fourth-order valence-electron chi connectivity index (χ4n) is 2.53. The van der Waals surface area contributed by atoms with Gasteiger partial charge in [0.25, 0.3) is 0 Å². The maximum absolute atomic E-state index is 11.1. The lowest BCUT2D eigenvalue weighted by molar-refractivity contribution is -0.139. The molecule has 1 heterocycles. The molecule has 0 aromatic carbocycles. The molecule has 3 N–H and O–H groups in total. The standard InChI is InChI=1S/C15H24N2O4/c1-4-5-11-8-14(15(19)20)17-13(11)7-6-12(21-3)9-16-10(2)18/h4-5,9,11,13-14,17H,6-8H2,1-3H3,(H,16,18)(H,19,20)/b5-4-,12-9?/t11-,13-,14-/m1/s1. The Labute approximate surface area is 125 Å². The smallest absolute Gasteiger partial charge is 0.320 e. The van der Waals surface area contributed by atoms with Crippen molar-refractivity contribution < 1.29 is 19.4 Å². The summed E-state index contributed by atoms with van der Waals surface area (Å²) in [6, 6.07) is -0.403. The first-order valence-corrected chi connectivity index (χ1v) is 7.09. The summed E-state index contributed by atoms with van der Waals surface area (Å²) in [5.41, 5.74) is 0. The van der Waals surface area contributed by atoms with Crippen LogP contribution in [-0.2, 0) is 14.3 Å². The first kappa shape index (κ1) is 17.2. The van der Waals surface area contributed by atoms with Crippen LogP contribution in [0.25, 0.3) is 0 Å². The molecule has 0 aromatic heterocycles. The Bertz CT molecular complexity index is 431. The van der Waals surface area contributed by atoms with Crippen LogP contribution in [0.3, 0.4) is 0 Å². The molecule has 1 fully saturated rings. The van der Waals surface area contributed by atoms with Gasteiger partial charge in [0.05, 0.1) is 7.11 Å². The van der Waals surface area contributed by atoms with Gasteiger partial charge in [-0.2, -0.15) is 0 Å². The number of carbonyl (C=O) groups excluding carboxylic acids is 1. The second-order valence-corrected chi connectivity index (χ2v) is 5.14. The highest BCUT2D eigenvalue weighted by atomic mass is 16.5. The molecule has 1 amide bonds. The average Bonchev–Trinajstić information content (AvgIpc) is 2.83. The molecular formula is C15H24N2O4. The van der Waals surface area contributed by atoms with Gasteiger partial charge in [-0.15, -0.1) is 0 Å². The number of rotatable bonds is 7. The van der Waals surface area contributed by atoms with E-state index in [1.807, 2.05) is 19.1 Å². The second kappa shape index (κ2) is 8.46. The maximum Gasteiger partial charge on any atom is 0.320 e. The molecule has 1 aliphatic rings. The molecule has 0 radical (unpaired) electrons. The van der Waals surface area contributed by atoms with Gasteiger partial charge in [0, 0.05) is 25.6 Å². The lowest BCUT2D eigenvalue weighted by Crippen LogP contribution is -2.36. The lowest BCUT2D eigenvalue weighted by atomic mass is 9.95. The van der Waals surface area contributed by atoms with Crippen LogP contribution in [0.2, 0.25) is 0 Å². The van der Waals surface area contributed by atoms with Crippen LogP contribution in [0.15, 0.2) is 24.1 Å². The van der Waals surface area contributed by atoms with Gasteiger partial charge in [0.15, 0.2) is 0 Å². The van der Waals surface area contributed by atoms with Gasteiger partial charge in [-0.3, -0.25) is 9.59 Å². The van der Waals surface area contributed by atoms with E-state index in [1.54, 1.807) is 13.3 Å². The highest BCUT2D eigenvalue weighted by Crippen LogP contribution is 2.26. The van der Waals surface area contributed by atoms with Crippen LogP contribution >= 0.6 is 0 Å². The maximum atomic E-state index is 11.1. The fraction of sp³-hybridized carbons (Fsp3) is 0.600. The number of ether oxygens (including phenoxy) is 1. The van der Waals surface area contributed by atoms with Crippen molar-refractivity contribution in [3.05, 3.63) is 24.1 Å². The predicted molar refractivity (Wildman–Crippen MR) is 79.4 cm³/mol. The zero-order valence-corrected chi connectivity index (χ0v) is 12.8. The molecule has 3 atom stereocenters. The Balaban J connectivity index is 2.60. The minimum atomic E-state index is -0.812. The molecule has 0 aromatic rings. The zero-order chi connectivity index (χ0) is 15.8. The van der Waals surface area contributed by atoms with Crippen LogP contribution < -0.4 is 10.6 Å². The quantitative estimate of drug-likeness (QED) is 0.488. The van der Waals surface area contributed by atoms with Crippen molar-refractivity contribution in [2.75, 3.05) is 7.11 Å². The van der Waals surface area contributed by atoms with Gasteiger partial charge in [0.2, 0.25) is 5.91 Å². The number of aliphatic carboxylic acids is 1. The van der Waals surface area contributed by atoms with Crippen LogP contribution in [0.4, 0.5) is 0 Å². The third-order valence-corrected chi connectivity index (χ3v) is 3.58. The van der Waals surface area contributed by atoms with Crippen LogP contribution in [0, 0.1) is 5.92 Å². The Hall–Kier alpha value is -1.82. The van der Waals surface area contributed by atoms with E-state index in [1.165, 1.54) is 6.92 Å². The molecule has 118 valence electrons. The number of nitrogens with one attached hydrogen (secondary N) is 2. The van der Waals surface area contributed by atoms with Gasteiger partial charge in [-0.25, -0.2) is 0 Å². The predicted octanol–water partition coefficient (Wildman–Crippen LogP) is 1.40. The highest BCUT2D eigenvalue weighted by molar-refractivity contribution is 5.74. The molecule has 1 aliphatic heterocycles. The summed E-state index contributed by atoms with van der Waals surface area (Å²) in [6.45, 7) is 3.37. The molecule has 0 spiro atoms. The van der Waals surface area contributed by atoms with Gasteiger partial charge in [-0.05, 0) is 25.7 Å². The highest BCUT2D eigenvalue weighted by Gasteiger charge is 2.35. The van der Waals surface area contributed by atoms with E-state index in [0.717, 1.165) is 6.42 Å². The third-order valence-electron chi connectivity index (χ3n) is 3.58. The average molecular weight is 296 g/mol. The Kier molecular flexibility index (Phi) is 6.94. The molecule has 1 rings (SSSR count). The normalized spacial score (nSPS) is 26.0. The Morgan fingerprint density at radius 2 is 2.19 bits per heavy atom. The van der Waals surface area contributed by atoms with Gasteiger partial charge < -0.3 is 20.5 Å². The third kappa shape index (κ3) is 5.59. The minimum Gasteiger partial charge on any atom is -0.500 e. The summed E-state index contributed by atoms with van der Waals surface area (Å²) in [5, 5.41) is 14.8. The van der Waals surface area contributed by atoms with Crippen molar-refractivity contribution in [2.45, 2.75) is 45.2 Å².